The summed E-state index contributed by atoms with van der Waals surface area (Å²) >= 11 is 9.65. The predicted octanol–water partition coefficient (Wildman–Crippen LogP) is 4.74. The van der Waals surface area contributed by atoms with Gasteiger partial charge in [0.05, 0.1) is 12.6 Å². The van der Waals surface area contributed by atoms with E-state index < -0.39 is 0 Å². The van der Waals surface area contributed by atoms with Crippen molar-refractivity contribution in [2.45, 2.75) is 18.9 Å². The maximum atomic E-state index is 6.04. The molecule has 4 heteroatoms. The summed E-state index contributed by atoms with van der Waals surface area (Å²) in [5, 5.41) is 4.12. The van der Waals surface area contributed by atoms with Crippen molar-refractivity contribution >= 4 is 27.5 Å². The van der Waals surface area contributed by atoms with Crippen molar-refractivity contribution in [2.24, 2.45) is 0 Å². The monoisotopic (exact) mass is 365 g/mol. The minimum Gasteiger partial charge on any atom is -0.493 e. The second-order valence-corrected chi connectivity index (χ2v) is 6.50. The second-order valence-electron chi connectivity index (χ2n) is 5.21. The summed E-state index contributed by atoms with van der Waals surface area (Å²) in [5.74, 6) is 1.02. The summed E-state index contributed by atoms with van der Waals surface area (Å²) in [7, 11) is 1.97. The van der Waals surface area contributed by atoms with E-state index in [0.717, 1.165) is 34.7 Å². The van der Waals surface area contributed by atoms with Gasteiger partial charge in [-0.05, 0) is 54.8 Å². The Kier molecular flexibility index (Phi) is 4.53. The molecule has 1 aliphatic rings. The Balaban J connectivity index is 1.99. The number of aryl methyl sites for hydroxylation is 1. The average molecular weight is 367 g/mol. The van der Waals surface area contributed by atoms with E-state index >= 15 is 0 Å². The van der Waals surface area contributed by atoms with Gasteiger partial charge in [-0.2, -0.15) is 0 Å². The molecule has 1 N–H and O–H groups in total. The van der Waals surface area contributed by atoms with Crippen LogP contribution < -0.4 is 10.1 Å². The van der Waals surface area contributed by atoms with Gasteiger partial charge >= 0.3 is 0 Å². The van der Waals surface area contributed by atoms with Gasteiger partial charge in [-0.15, -0.1) is 0 Å². The van der Waals surface area contributed by atoms with Gasteiger partial charge in [-0.25, -0.2) is 0 Å². The Hall–Kier alpha value is -1.03. The zero-order valence-electron chi connectivity index (χ0n) is 11.8. The van der Waals surface area contributed by atoms with E-state index in [0.29, 0.717) is 0 Å². The van der Waals surface area contributed by atoms with Crippen molar-refractivity contribution < 1.29 is 4.74 Å². The first kappa shape index (κ1) is 14.9. The van der Waals surface area contributed by atoms with Crippen LogP contribution in [0.4, 0.5) is 0 Å². The highest BCUT2D eigenvalue weighted by Gasteiger charge is 2.18. The van der Waals surface area contributed by atoms with E-state index in [4.69, 9.17) is 16.3 Å². The summed E-state index contributed by atoms with van der Waals surface area (Å²) in [4.78, 5) is 0. The molecular formula is C17H17BrClNO. The topological polar surface area (TPSA) is 21.3 Å². The van der Waals surface area contributed by atoms with Gasteiger partial charge in [0.1, 0.15) is 5.75 Å². The molecule has 0 aromatic heterocycles. The highest BCUT2D eigenvalue weighted by atomic mass is 79.9. The van der Waals surface area contributed by atoms with Crippen LogP contribution in [-0.4, -0.2) is 13.7 Å². The van der Waals surface area contributed by atoms with Gasteiger partial charge < -0.3 is 10.1 Å². The number of halogens is 2. The van der Waals surface area contributed by atoms with Crippen LogP contribution in [0.25, 0.3) is 0 Å². The molecule has 0 amide bonds. The highest BCUT2D eigenvalue weighted by molar-refractivity contribution is 9.10. The van der Waals surface area contributed by atoms with Gasteiger partial charge in [0.15, 0.2) is 0 Å². The lowest BCUT2D eigenvalue weighted by molar-refractivity contribution is 0.288. The minimum atomic E-state index is 0.129. The number of nitrogens with one attached hydrogen (secondary N) is 1. The molecule has 0 saturated heterocycles. The van der Waals surface area contributed by atoms with E-state index in [2.05, 4.69) is 45.5 Å². The molecule has 110 valence electrons. The van der Waals surface area contributed by atoms with Gasteiger partial charge in [0, 0.05) is 9.50 Å². The molecule has 1 heterocycles. The number of benzene rings is 2. The molecule has 0 bridgehead atoms. The van der Waals surface area contributed by atoms with Crippen molar-refractivity contribution in [1.29, 1.82) is 0 Å². The van der Waals surface area contributed by atoms with Crippen molar-refractivity contribution in [3.05, 3.63) is 62.6 Å². The first-order valence-corrected chi connectivity index (χ1v) is 8.24. The minimum absolute atomic E-state index is 0.129. The number of ether oxygens (including phenoxy) is 1. The molecule has 2 aromatic carbocycles. The molecule has 1 atom stereocenters. The quantitative estimate of drug-likeness (QED) is 0.847. The largest absolute Gasteiger partial charge is 0.493 e. The van der Waals surface area contributed by atoms with Gasteiger partial charge in [0.25, 0.3) is 0 Å². The summed E-state index contributed by atoms with van der Waals surface area (Å²) in [6, 6.07) is 12.5. The normalized spacial score (nSPS) is 15.2. The number of hydrogen-bond donors (Lipinski definition) is 1. The lowest BCUT2D eigenvalue weighted by Crippen LogP contribution is -2.19. The summed E-state index contributed by atoms with van der Waals surface area (Å²) in [6.07, 6.45) is 2.17. The Morgan fingerprint density at radius 2 is 2.10 bits per heavy atom. The van der Waals surface area contributed by atoms with E-state index in [1.165, 1.54) is 16.7 Å². The third-order valence-corrected chi connectivity index (χ3v) is 4.75. The van der Waals surface area contributed by atoms with Crippen LogP contribution in [-0.2, 0) is 6.42 Å². The van der Waals surface area contributed by atoms with Crippen LogP contribution in [0.3, 0.4) is 0 Å². The molecule has 21 heavy (non-hydrogen) atoms. The van der Waals surface area contributed by atoms with Crippen molar-refractivity contribution in [3.63, 3.8) is 0 Å². The molecule has 3 rings (SSSR count). The lowest BCUT2D eigenvalue weighted by Gasteiger charge is -2.23. The molecule has 0 radical (unpaired) electrons. The number of rotatable bonds is 3. The number of hydrogen-bond acceptors (Lipinski definition) is 2. The molecule has 0 saturated carbocycles. The lowest BCUT2D eigenvalue weighted by atomic mass is 9.95. The smallest absolute Gasteiger partial charge is 0.122 e. The molecule has 0 fully saturated rings. The van der Waals surface area contributed by atoms with E-state index in [9.17, 15) is 0 Å². The first-order valence-electron chi connectivity index (χ1n) is 7.07. The second kappa shape index (κ2) is 6.39. The van der Waals surface area contributed by atoms with Gasteiger partial charge in [-0.1, -0.05) is 45.7 Å². The van der Waals surface area contributed by atoms with E-state index in [1.807, 2.05) is 19.2 Å². The van der Waals surface area contributed by atoms with Gasteiger partial charge in [-0.3, -0.25) is 0 Å². The van der Waals surface area contributed by atoms with E-state index in [1.54, 1.807) is 0 Å². The Bertz CT molecular complexity index is 659. The molecule has 0 spiro atoms. The Morgan fingerprint density at radius 3 is 2.86 bits per heavy atom. The van der Waals surface area contributed by atoms with Crippen LogP contribution in [0.5, 0.6) is 5.75 Å². The van der Waals surface area contributed by atoms with Crippen molar-refractivity contribution in [3.8, 4) is 5.75 Å². The van der Waals surface area contributed by atoms with Crippen LogP contribution in [0.1, 0.15) is 29.2 Å². The molecule has 2 nitrogen and oxygen atoms in total. The molecule has 1 unspecified atom stereocenters. The van der Waals surface area contributed by atoms with E-state index in [-0.39, 0.29) is 6.04 Å². The molecule has 0 aliphatic carbocycles. The summed E-state index contributed by atoms with van der Waals surface area (Å²) < 4.78 is 6.71. The van der Waals surface area contributed by atoms with Gasteiger partial charge in [0.2, 0.25) is 0 Å². The van der Waals surface area contributed by atoms with Crippen LogP contribution in [0.2, 0.25) is 5.02 Å². The zero-order chi connectivity index (χ0) is 14.8. The third kappa shape index (κ3) is 3.10. The summed E-state index contributed by atoms with van der Waals surface area (Å²) in [6.45, 7) is 0.824. The standard InChI is InChI=1S/C17H17BrClNO/c1-20-17(14-6-5-13(19)10-15(14)18)12-4-7-16-11(9-12)3-2-8-21-16/h4-7,9-10,17,20H,2-3,8H2,1H3. The Morgan fingerprint density at radius 1 is 1.24 bits per heavy atom. The Labute approximate surface area is 138 Å². The molecule has 1 aliphatic heterocycles. The van der Waals surface area contributed by atoms with Crippen molar-refractivity contribution in [1.82, 2.24) is 5.32 Å². The first-order chi connectivity index (χ1) is 10.2. The van der Waals surface area contributed by atoms with Crippen LogP contribution in [0, 0.1) is 0 Å². The van der Waals surface area contributed by atoms with Crippen molar-refractivity contribution in [2.75, 3.05) is 13.7 Å². The highest BCUT2D eigenvalue weighted by Crippen LogP contribution is 2.33. The fourth-order valence-electron chi connectivity index (χ4n) is 2.80. The zero-order valence-corrected chi connectivity index (χ0v) is 14.2. The SMILES string of the molecule is CNC(c1ccc2c(c1)CCCO2)c1ccc(Cl)cc1Br. The van der Waals surface area contributed by atoms with Crippen LogP contribution >= 0.6 is 27.5 Å². The molecular weight excluding hydrogens is 350 g/mol. The maximum Gasteiger partial charge on any atom is 0.122 e. The summed E-state index contributed by atoms with van der Waals surface area (Å²) in [5.41, 5.74) is 3.72. The van der Waals surface area contributed by atoms with Crippen LogP contribution in [0.15, 0.2) is 40.9 Å². The average Bonchev–Trinajstić information content (AvgIpc) is 2.50. The fourth-order valence-corrected chi connectivity index (χ4v) is 3.71. The third-order valence-electron chi connectivity index (χ3n) is 3.83. The fraction of sp³-hybridized carbons (Fsp3) is 0.294. The predicted molar refractivity (Wildman–Crippen MR) is 90.3 cm³/mol. The molecule has 2 aromatic rings. The number of fused-ring (bicyclic) bond motifs is 1. The maximum absolute atomic E-state index is 6.04.